The maximum absolute atomic E-state index is 12.0. The Morgan fingerprint density at radius 3 is 2.48 bits per heavy atom. The lowest BCUT2D eigenvalue weighted by molar-refractivity contribution is -0.116. The van der Waals surface area contributed by atoms with E-state index in [1.54, 1.807) is 6.07 Å². The van der Waals surface area contributed by atoms with Gasteiger partial charge in [0.2, 0.25) is 5.91 Å². The molecule has 0 spiro atoms. The van der Waals surface area contributed by atoms with E-state index in [2.05, 4.69) is 18.3 Å². The van der Waals surface area contributed by atoms with Crippen LogP contribution >= 0.6 is 23.2 Å². The Morgan fingerprint density at radius 2 is 1.76 bits per heavy atom. The molecule has 1 atom stereocenters. The van der Waals surface area contributed by atoms with Crippen molar-refractivity contribution in [3.05, 3.63) is 62.6 Å². The highest BCUT2D eigenvalue weighted by Crippen LogP contribution is 2.41. The van der Waals surface area contributed by atoms with Crippen LogP contribution in [0.15, 0.2) is 30.3 Å². The molecule has 1 heterocycles. The molecule has 0 aromatic heterocycles. The molecule has 0 unspecified atom stereocenters. The summed E-state index contributed by atoms with van der Waals surface area (Å²) in [4.78, 5) is 12.0. The van der Waals surface area contributed by atoms with E-state index in [0.717, 1.165) is 22.4 Å². The number of hydrogen-bond donors (Lipinski definition) is 1. The van der Waals surface area contributed by atoms with Crippen LogP contribution in [0, 0.1) is 13.8 Å². The molecule has 2 aromatic rings. The maximum atomic E-state index is 12.0. The lowest BCUT2D eigenvalue weighted by atomic mass is 9.83. The normalized spacial score (nSPS) is 17.3. The number of amides is 1. The summed E-state index contributed by atoms with van der Waals surface area (Å²) in [5.41, 5.74) is 5.31. The molecule has 4 heteroatoms. The summed E-state index contributed by atoms with van der Waals surface area (Å²) < 4.78 is 0. The average Bonchev–Trinajstić information content (AvgIpc) is 2.40. The molecule has 2 nitrogen and oxygen atoms in total. The topological polar surface area (TPSA) is 29.1 Å². The van der Waals surface area contributed by atoms with Crippen LogP contribution < -0.4 is 5.32 Å². The number of aryl methyl sites for hydroxylation is 2. The Hall–Kier alpha value is -1.51. The van der Waals surface area contributed by atoms with E-state index < -0.39 is 0 Å². The lowest BCUT2D eigenvalue weighted by Gasteiger charge is -2.27. The van der Waals surface area contributed by atoms with Crippen molar-refractivity contribution in [1.82, 2.24) is 0 Å². The molecule has 1 N–H and O–H groups in total. The number of hydrogen-bond acceptors (Lipinski definition) is 1. The van der Waals surface area contributed by atoms with Crippen LogP contribution in [0.3, 0.4) is 0 Å². The molecule has 2 aromatic carbocycles. The van der Waals surface area contributed by atoms with Crippen LogP contribution in [0.4, 0.5) is 5.69 Å². The summed E-state index contributed by atoms with van der Waals surface area (Å²) in [5, 5.41) is 4.15. The second kappa shape index (κ2) is 5.36. The summed E-state index contributed by atoms with van der Waals surface area (Å²) >= 11 is 12.3. The number of halogens is 2. The molecular weight excluding hydrogens is 305 g/mol. The van der Waals surface area contributed by atoms with Gasteiger partial charge in [0.05, 0.1) is 0 Å². The van der Waals surface area contributed by atoms with Gasteiger partial charge in [-0.2, -0.15) is 0 Å². The summed E-state index contributed by atoms with van der Waals surface area (Å²) in [6.07, 6.45) is 0.400. The number of fused-ring (bicyclic) bond motifs is 1. The highest BCUT2D eigenvalue weighted by atomic mass is 35.5. The second-order valence-corrected chi connectivity index (χ2v) is 6.34. The smallest absolute Gasteiger partial charge is 0.225 e. The number of carbonyl (C=O) groups excluding carboxylic acids is 1. The monoisotopic (exact) mass is 319 g/mol. The molecule has 3 rings (SSSR count). The fraction of sp³-hybridized carbons (Fsp3) is 0.235. The maximum Gasteiger partial charge on any atom is 0.225 e. The van der Waals surface area contributed by atoms with Gasteiger partial charge in [-0.1, -0.05) is 35.3 Å². The van der Waals surface area contributed by atoms with E-state index in [1.165, 1.54) is 5.56 Å². The number of rotatable bonds is 1. The van der Waals surface area contributed by atoms with E-state index in [0.29, 0.717) is 16.5 Å². The van der Waals surface area contributed by atoms with Crippen molar-refractivity contribution < 1.29 is 4.79 Å². The Labute approximate surface area is 134 Å². The molecule has 0 aliphatic carbocycles. The van der Waals surface area contributed by atoms with Crippen LogP contribution in [0.1, 0.15) is 34.6 Å². The van der Waals surface area contributed by atoms with Crippen LogP contribution in [-0.2, 0) is 4.79 Å². The molecule has 1 aliphatic rings. The SMILES string of the molecule is Cc1cc2c(cc1C)[C@H](c1ccc(Cl)cc1Cl)CC(=O)N2. The van der Waals surface area contributed by atoms with Gasteiger partial charge in [0.25, 0.3) is 0 Å². The zero-order valence-corrected chi connectivity index (χ0v) is 13.3. The molecule has 1 aliphatic heterocycles. The second-order valence-electron chi connectivity index (χ2n) is 5.49. The van der Waals surface area contributed by atoms with Gasteiger partial charge in [0.15, 0.2) is 0 Å². The Balaban J connectivity index is 2.16. The van der Waals surface area contributed by atoms with Crippen LogP contribution in [0.5, 0.6) is 0 Å². The third-order valence-electron chi connectivity index (χ3n) is 4.04. The molecule has 0 saturated heterocycles. The largest absolute Gasteiger partial charge is 0.326 e. The van der Waals surface area contributed by atoms with Crippen molar-refractivity contribution in [2.24, 2.45) is 0 Å². The van der Waals surface area contributed by atoms with Gasteiger partial charge in [-0.3, -0.25) is 4.79 Å². The van der Waals surface area contributed by atoms with E-state index in [-0.39, 0.29) is 11.8 Å². The molecule has 0 saturated carbocycles. The van der Waals surface area contributed by atoms with Crippen molar-refractivity contribution in [3.8, 4) is 0 Å². The summed E-state index contributed by atoms with van der Waals surface area (Å²) in [5.74, 6) is -0.0143. The van der Waals surface area contributed by atoms with Gasteiger partial charge in [-0.15, -0.1) is 0 Å². The molecule has 108 valence electrons. The van der Waals surface area contributed by atoms with Crippen LogP contribution in [0.25, 0.3) is 0 Å². The Kier molecular flexibility index (Phi) is 3.68. The predicted octanol–water partition coefficient (Wildman–Crippen LogP) is 5.08. The van der Waals surface area contributed by atoms with E-state index >= 15 is 0 Å². The van der Waals surface area contributed by atoms with Gasteiger partial charge in [0, 0.05) is 28.1 Å². The van der Waals surface area contributed by atoms with Crippen molar-refractivity contribution >= 4 is 34.8 Å². The molecule has 0 bridgehead atoms. The first-order chi connectivity index (χ1) is 9.95. The van der Waals surface area contributed by atoms with Crippen LogP contribution in [0.2, 0.25) is 10.0 Å². The quantitative estimate of drug-likeness (QED) is 0.779. The average molecular weight is 320 g/mol. The number of carbonyl (C=O) groups is 1. The van der Waals surface area contributed by atoms with Gasteiger partial charge < -0.3 is 5.32 Å². The Morgan fingerprint density at radius 1 is 1.05 bits per heavy atom. The first kappa shape index (κ1) is 14.4. The minimum Gasteiger partial charge on any atom is -0.326 e. The number of benzene rings is 2. The highest BCUT2D eigenvalue weighted by molar-refractivity contribution is 6.35. The molecule has 21 heavy (non-hydrogen) atoms. The van der Waals surface area contributed by atoms with Crippen LogP contribution in [-0.4, -0.2) is 5.91 Å². The van der Waals surface area contributed by atoms with Crippen molar-refractivity contribution in [3.63, 3.8) is 0 Å². The fourth-order valence-electron chi connectivity index (χ4n) is 2.79. The lowest BCUT2D eigenvalue weighted by Crippen LogP contribution is -2.24. The van der Waals surface area contributed by atoms with E-state index in [4.69, 9.17) is 23.2 Å². The van der Waals surface area contributed by atoms with Gasteiger partial charge in [-0.05, 0) is 54.3 Å². The summed E-state index contributed by atoms with van der Waals surface area (Å²) in [6.45, 7) is 4.12. The Bertz CT molecular complexity index is 740. The van der Waals surface area contributed by atoms with E-state index in [9.17, 15) is 4.79 Å². The molecular formula is C17H15Cl2NO. The van der Waals surface area contributed by atoms with Gasteiger partial charge >= 0.3 is 0 Å². The zero-order chi connectivity index (χ0) is 15.1. The summed E-state index contributed by atoms with van der Waals surface area (Å²) in [7, 11) is 0. The minimum absolute atomic E-state index is 0.0155. The summed E-state index contributed by atoms with van der Waals surface area (Å²) in [6, 6.07) is 9.62. The zero-order valence-electron chi connectivity index (χ0n) is 11.8. The first-order valence-corrected chi connectivity index (χ1v) is 7.57. The third kappa shape index (κ3) is 2.66. The number of nitrogens with one attached hydrogen (secondary N) is 1. The van der Waals surface area contributed by atoms with Crippen molar-refractivity contribution in [2.45, 2.75) is 26.2 Å². The first-order valence-electron chi connectivity index (χ1n) is 6.81. The number of anilines is 1. The highest BCUT2D eigenvalue weighted by Gasteiger charge is 2.28. The molecule has 1 amide bonds. The van der Waals surface area contributed by atoms with Crippen molar-refractivity contribution in [1.29, 1.82) is 0 Å². The molecule has 0 radical (unpaired) electrons. The van der Waals surface area contributed by atoms with Crippen molar-refractivity contribution in [2.75, 3.05) is 5.32 Å². The van der Waals surface area contributed by atoms with E-state index in [1.807, 2.05) is 25.1 Å². The van der Waals surface area contributed by atoms with Gasteiger partial charge in [-0.25, -0.2) is 0 Å². The molecule has 0 fully saturated rings. The minimum atomic E-state index is -0.0298. The predicted molar refractivity (Wildman–Crippen MR) is 87.5 cm³/mol. The fourth-order valence-corrected chi connectivity index (χ4v) is 3.33. The standard InChI is InChI=1S/C17H15Cl2NO/c1-9-5-14-13(12-4-3-11(18)7-15(12)19)8-17(21)20-16(14)6-10(9)2/h3-7,13H,8H2,1-2H3,(H,20,21)/t13-/m0/s1. The van der Waals surface area contributed by atoms with Gasteiger partial charge in [0.1, 0.15) is 0 Å². The third-order valence-corrected chi connectivity index (χ3v) is 4.61.